The van der Waals surface area contributed by atoms with Crippen molar-refractivity contribution >= 4 is 5.91 Å². The predicted molar refractivity (Wildman–Crippen MR) is 111 cm³/mol. The van der Waals surface area contributed by atoms with E-state index in [9.17, 15) is 13.6 Å². The number of hydrogen-bond donors (Lipinski definition) is 2. The van der Waals surface area contributed by atoms with E-state index < -0.39 is 12.5 Å². The minimum atomic E-state index is -2.48. The van der Waals surface area contributed by atoms with Crippen LogP contribution in [0.3, 0.4) is 0 Å². The van der Waals surface area contributed by atoms with E-state index in [0.29, 0.717) is 5.76 Å². The smallest absolute Gasteiger partial charge is 0.290 e. The van der Waals surface area contributed by atoms with Gasteiger partial charge in [-0.1, -0.05) is 20.8 Å². The number of rotatable bonds is 3. The number of amides is 1. The van der Waals surface area contributed by atoms with Gasteiger partial charge in [0.2, 0.25) is 0 Å². The van der Waals surface area contributed by atoms with E-state index in [4.69, 9.17) is 4.42 Å². The number of piperidine rings is 1. The molecule has 5 atom stereocenters. The van der Waals surface area contributed by atoms with Gasteiger partial charge in [-0.25, -0.2) is 14.2 Å². The van der Waals surface area contributed by atoms with Crippen LogP contribution in [0.4, 0.5) is 8.78 Å². The Morgan fingerprint density at radius 1 is 1.19 bits per heavy atom. The van der Waals surface area contributed by atoms with E-state index >= 15 is 0 Å². The van der Waals surface area contributed by atoms with Crippen molar-refractivity contribution in [1.82, 2.24) is 25.8 Å². The number of nitrogens with one attached hydrogen (secondary N) is 2. The Hall–Kier alpha value is -1.97. The van der Waals surface area contributed by atoms with Crippen LogP contribution in [0.1, 0.15) is 62.8 Å². The summed E-state index contributed by atoms with van der Waals surface area (Å²) in [6.07, 6.45) is 2.43. The maximum absolute atomic E-state index is 13.6. The molecule has 5 heterocycles. The molecule has 3 fully saturated rings. The minimum absolute atomic E-state index is 0.00763. The number of carbonyl (C=O) groups excluding carboxylic acids is 1. The van der Waals surface area contributed by atoms with Crippen molar-refractivity contribution in [3.05, 3.63) is 35.4 Å². The lowest BCUT2D eigenvalue weighted by Gasteiger charge is -2.57. The first-order valence-corrected chi connectivity index (χ1v) is 11.1. The molecule has 9 heteroatoms. The second-order valence-corrected chi connectivity index (χ2v) is 10.1. The lowest BCUT2D eigenvalue weighted by molar-refractivity contribution is -0.219. The van der Waals surface area contributed by atoms with Crippen LogP contribution < -0.4 is 10.7 Å². The molecular weight excluding hydrogens is 404 g/mol. The van der Waals surface area contributed by atoms with Crippen LogP contribution in [0.25, 0.3) is 0 Å². The van der Waals surface area contributed by atoms with Crippen molar-refractivity contribution in [3.8, 4) is 0 Å². The molecule has 2 bridgehead atoms. The van der Waals surface area contributed by atoms with Crippen LogP contribution in [-0.2, 0) is 5.41 Å². The van der Waals surface area contributed by atoms with Crippen LogP contribution in [0.2, 0.25) is 0 Å². The molecular formula is C22H31F2N5O2. The molecule has 3 saturated heterocycles. The first-order chi connectivity index (χ1) is 14.6. The zero-order valence-corrected chi connectivity index (χ0v) is 18.4. The predicted octanol–water partition coefficient (Wildman–Crippen LogP) is 3.03. The van der Waals surface area contributed by atoms with Crippen LogP contribution in [0, 0.1) is 5.92 Å². The van der Waals surface area contributed by atoms with Crippen LogP contribution in [0.15, 0.2) is 28.3 Å². The lowest BCUT2D eigenvalue weighted by atomic mass is 9.85. The molecule has 0 radical (unpaired) electrons. The Bertz CT molecular complexity index is 895. The van der Waals surface area contributed by atoms with Gasteiger partial charge in [0.15, 0.2) is 12.0 Å². The highest BCUT2D eigenvalue weighted by atomic mass is 19.3. The summed E-state index contributed by atoms with van der Waals surface area (Å²) < 4.78 is 33.0. The number of halogens is 2. The fourth-order valence-electron chi connectivity index (χ4n) is 5.57. The van der Waals surface area contributed by atoms with Crippen LogP contribution in [0.5, 0.6) is 0 Å². The van der Waals surface area contributed by atoms with Crippen LogP contribution in [-0.4, -0.2) is 58.8 Å². The van der Waals surface area contributed by atoms with Gasteiger partial charge in [0.25, 0.3) is 12.3 Å². The fraction of sp³-hybridized carbons (Fsp3) is 0.682. The summed E-state index contributed by atoms with van der Waals surface area (Å²) in [5, 5.41) is 6.74. The van der Waals surface area contributed by atoms with Crippen LogP contribution >= 0.6 is 0 Å². The number of hydrogen-bond acceptors (Lipinski definition) is 6. The van der Waals surface area contributed by atoms with E-state index in [0.717, 1.165) is 37.1 Å². The number of fused-ring (bicyclic) bond motifs is 3. The molecule has 7 nitrogen and oxygen atoms in total. The van der Waals surface area contributed by atoms with Gasteiger partial charge in [0, 0.05) is 36.2 Å². The monoisotopic (exact) mass is 435 g/mol. The van der Waals surface area contributed by atoms with Crippen molar-refractivity contribution < 1.29 is 18.0 Å². The van der Waals surface area contributed by atoms with Gasteiger partial charge in [-0.2, -0.15) is 5.12 Å². The Morgan fingerprint density at radius 3 is 2.58 bits per heavy atom. The Labute approximate surface area is 181 Å². The maximum atomic E-state index is 13.6. The molecule has 1 amide bonds. The molecule has 2 unspecified atom stereocenters. The Morgan fingerprint density at radius 2 is 1.94 bits per heavy atom. The highest BCUT2D eigenvalue weighted by Crippen LogP contribution is 2.45. The van der Waals surface area contributed by atoms with Crippen molar-refractivity contribution in [1.29, 1.82) is 0 Å². The molecule has 4 aliphatic heterocycles. The summed E-state index contributed by atoms with van der Waals surface area (Å²) in [5.41, 5.74) is 3.81. The summed E-state index contributed by atoms with van der Waals surface area (Å²) in [6, 6.07) is 2.83. The summed E-state index contributed by atoms with van der Waals surface area (Å²) in [6.45, 7) is 6.16. The number of hydrazine groups is 2. The average molecular weight is 436 g/mol. The highest BCUT2D eigenvalue weighted by molar-refractivity contribution is 5.92. The zero-order valence-electron chi connectivity index (χ0n) is 18.4. The minimum Gasteiger partial charge on any atom is -0.455 e. The summed E-state index contributed by atoms with van der Waals surface area (Å²) >= 11 is 0. The zero-order chi connectivity index (χ0) is 22.1. The third-order valence-electron chi connectivity index (χ3n) is 7.11. The number of furan rings is 1. The van der Waals surface area contributed by atoms with Gasteiger partial charge in [-0.15, -0.1) is 0 Å². The van der Waals surface area contributed by atoms with Crippen molar-refractivity contribution in [2.24, 2.45) is 5.92 Å². The van der Waals surface area contributed by atoms with Gasteiger partial charge in [-0.3, -0.25) is 15.1 Å². The van der Waals surface area contributed by atoms with Gasteiger partial charge in [-0.05, 0) is 43.9 Å². The number of alkyl halides is 2. The molecule has 2 N–H and O–H groups in total. The largest absolute Gasteiger partial charge is 0.455 e. The van der Waals surface area contributed by atoms with Gasteiger partial charge >= 0.3 is 0 Å². The van der Waals surface area contributed by atoms with Crippen molar-refractivity contribution in [3.63, 3.8) is 0 Å². The van der Waals surface area contributed by atoms with E-state index in [1.54, 1.807) is 12.1 Å². The summed E-state index contributed by atoms with van der Waals surface area (Å²) in [4.78, 5) is 15.4. The first-order valence-electron chi connectivity index (χ1n) is 11.1. The van der Waals surface area contributed by atoms with Gasteiger partial charge in [0.05, 0.1) is 6.04 Å². The summed E-state index contributed by atoms with van der Waals surface area (Å²) in [5.74, 6) is 1.09. The Kier molecular flexibility index (Phi) is 4.91. The van der Waals surface area contributed by atoms with E-state index in [1.165, 1.54) is 0 Å². The van der Waals surface area contributed by atoms with Crippen molar-refractivity contribution in [2.45, 2.75) is 82.7 Å². The lowest BCUT2D eigenvalue weighted by Crippen LogP contribution is -2.79. The standard InChI is InChI=1S/C22H31F2N5O2/c1-22(2,3)18-10-9-17(31-18)20(30)28-12-5-7-13(15(28)8-6-12)16-11-14(19(23)24)25-21-26-27(4)29(16)21/h9-15,19,21,25-26H,5-8H2,1-4H3/t12-,13-,14?,15-,21?/m0/s1. The normalized spacial score (nSPS) is 33.4. The molecule has 0 aromatic carbocycles. The number of nitrogens with zero attached hydrogens (tertiary/aromatic N) is 3. The SMILES string of the molecule is CN1NC2NC(C(F)F)C=C([C@H]3CC[C@H]4CC[C@@H]3N4C(=O)c3ccc(C(C)(C)C)o3)N21. The highest BCUT2D eigenvalue weighted by Gasteiger charge is 2.51. The van der Waals surface area contributed by atoms with Gasteiger partial charge in [0.1, 0.15) is 5.76 Å². The average Bonchev–Trinajstić information content (AvgIpc) is 3.30. The first kappa shape index (κ1) is 20.9. The molecule has 1 aromatic rings. The second kappa shape index (κ2) is 7.28. The molecule has 4 aliphatic rings. The van der Waals surface area contributed by atoms with Crippen molar-refractivity contribution in [2.75, 3.05) is 7.05 Å². The van der Waals surface area contributed by atoms with E-state index in [-0.39, 0.29) is 35.6 Å². The maximum Gasteiger partial charge on any atom is 0.290 e. The molecule has 5 rings (SSSR count). The molecule has 0 saturated carbocycles. The molecule has 0 aliphatic carbocycles. The quantitative estimate of drug-likeness (QED) is 0.761. The fourth-order valence-corrected chi connectivity index (χ4v) is 5.57. The molecule has 170 valence electrons. The van der Waals surface area contributed by atoms with E-state index in [2.05, 4.69) is 31.5 Å². The van der Waals surface area contributed by atoms with E-state index in [1.807, 2.05) is 28.1 Å². The molecule has 31 heavy (non-hydrogen) atoms. The third-order valence-corrected chi connectivity index (χ3v) is 7.11. The third kappa shape index (κ3) is 3.37. The molecule has 1 aromatic heterocycles. The summed E-state index contributed by atoms with van der Waals surface area (Å²) in [7, 11) is 1.87. The molecule has 0 spiro atoms. The second-order valence-electron chi connectivity index (χ2n) is 10.1. The van der Waals surface area contributed by atoms with Gasteiger partial charge < -0.3 is 9.32 Å². The topological polar surface area (TPSA) is 64.0 Å². The Balaban J connectivity index is 1.43. The number of carbonyl (C=O) groups is 1.